The molecule has 0 spiro atoms. The van der Waals surface area contributed by atoms with Crippen LogP contribution in [0, 0.1) is 6.92 Å². The van der Waals surface area contributed by atoms with Crippen LogP contribution < -0.4 is 5.32 Å². The molecule has 4 nitrogen and oxygen atoms in total. The number of aromatic hydroxyl groups is 1. The van der Waals surface area contributed by atoms with E-state index in [1.807, 2.05) is 37.0 Å². The van der Waals surface area contributed by atoms with Crippen molar-refractivity contribution in [3.05, 3.63) is 41.7 Å². The van der Waals surface area contributed by atoms with Crippen LogP contribution in [0.3, 0.4) is 0 Å². The molecule has 1 aromatic heterocycles. The molecule has 0 fully saturated rings. The number of hydrogen-bond acceptors (Lipinski definition) is 3. The van der Waals surface area contributed by atoms with Crippen molar-refractivity contribution in [1.29, 1.82) is 0 Å². The van der Waals surface area contributed by atoms with E-state index >= 15 is 0 Å². The fraction of sp³-hybridized carbons (Fsp3) is 0.250. The van der Waals surface area contributed by atoms with Crippen LogP contribution in [0.5, 0.6) is 5.75 Å². The Balaban J connectivity index is 2.33. The second-order valence-corrected chi connectivity index (χ2v) is 3.73. The zero-order valence-corrected chi connectivity index (χ0v) is 9.44. The Labute approximate surface area is 94.5 Å². The van der Waals surface area contributed by atoms with E-state index < -0.39 is 0 Å². The van der Waals surface area contributed by atoms with Crippen molar-refractivity contribution >= 4 is 0 Å². The third kappa shape index (κ3) is 2.06. The van der Waals surface area contributed by atoms with Gasteiger partial charge in [-0.05, 0) is 38.2 Å². The van der Waals surface area contributed by atoms with Crippen LogP contribution >= 0.6 is 0 Å². The smallest absolute Gasteiger partial charge is 0.115 e. The topological polar surface area (TPSA) is 50.1 Å². The maximum absolute atomic E-state index is 9.21. The molecule has 0 atom stereocenters. The first-order valence-electron chi connectivity index (χ1n) is 5.20. The van der Waals surface area contributed by atoms with Crippen LogP contribution in [0.1, 0.15) is 11.3 Å². The van der Waals surface area contributed by atoms with Gasteiger partial charge in [-0.25, -0.2) is 4.68 Å². The monoisotopic (exact) mass is 217 g/mol. The van der Waals surface area contributed by atoms with Crippen molar-refractivity contribution in [3.8, 4) is 11.4 Å². The number of aryl methyl sites for hydroxylation is 1. The summed E-state index contributed by atoms with van der Waals surface area (Å²) in [7, 11) is 1.91. The maximum atomic E-state index is 9.21. The first kappa shape index (κ1) is 10.7. The first-order valence-corrected chi connectivity index (χ1v) is 5.20. The number of nitrogens with one attached hydrogen (secondary N) is 1. The van der Waals surface area contributed by atoms with Gasteiger partial charge in [0.05, 0.1) is 11.4 Å². The Morgan fingerprint density at radius 1 is 1.31 bits per heavy atom. The molecule has 0 unspecified atom stereocenters. The van der Waals surface area contributed by atoms with Gasteiger partial charge in [-0.2, -0.15) is 5.10 Å². The van der Waals surface area contributed by atoms with Gasteiger partial charge in [0.1, 0.15) is 5.75 Å². The molecule has 84 valence electrons. The van der Waals surface area contributed by atoms with Gasteiger partial charge >= 0.3 is 0 Å². The normalized spacial score (nSPS) is 10.6. The van der Waals surface area contributed by atoms with E-state index in [2.05, 4.69) is 10.4 Å². The lowest BCUT2D eigenvalue weighted by atomic mass is 10.2. The quantitative estimate of drug-likeness (QED) is 0.821. The zero-order valence-electron chi connectivity index (χ0n) is 9.44. The highest BCUT2D eigenvalue weighted by Gasteiger charge is 2.05. The molecule has 0 aliphatic carbocycles. The standard InChI is InChI=1S/C12H15N3O/c1-9-10(7-13-2)8-15(14-9)11-3-5-12(16)6-4-11/h3-6,8,13,16H,7H2,1-2H3. The highest BCUT2D eigenvalue weighted by Crippen LogP contribution is 2.15. The lowest BCUT2D eigenvalue weighted by Crippen LogP contribution is -2.05. The summed E-state index contributed by atoms with van der Waals surface area (Å²) in [5.74, 6) is 0.267. The van der Waals surface area contributed by atoms with Crippen LogP contribution in [-0.2, 0) is 6.54 Å². The minimum atomic E-state index is 0.267. The van der Waals surface area contributed by atoms with Crippen molar-refractivity contribution in [3.63, 3.8) is 0 Å². The predicted molar refractivity (Wildman–Crippen MR) is 62.7 cm³/mol. The largest absolute Gasteiger partial charge is 0.508 e. The van der Waals surface area contributed by atoms with E-state index in [9.17, 15) is 5.11 Å². The highest BCUT2D eigenvalue weighted by molar-refractivity contribution is 5.37. The average Bonchev–Trinajstić information content (AvgIpc) is 2.62. The van der Waals surface area contributed by atoms with Crippen LogP contribution in [0.25, 0.3) is 5.69 Å². The molecular weight excluding hydrogens is 202 g/mol. The maximum Gasteiger partial charge on any atom is 0.115 e. The Kier molecular flexibility index (Phi) is 2.92. The summed E-state index contributed by atoms with van der Waals surface area (Å²) in [5.41, 5.74) is 3.14. The van der Waals surface area contributed by atoms with Gasteiger partial charge in [-0.3, -0.25) is 0 Å². The number of benzene rings is 1. The van der Waals surface area contributed by atoms with Gasteiger partial charge in [-0.15, -0.1) is 0 Å². The molecule has 16 heavy (non-hydrogen) atoms. The summed E-state index contributed by atoms with van der Waals surface area (Å²) in [4.78, 5) is 0. The molecule has 0 bridgehead atoms. The van der Waals surface area contributed by atoms with Crippen molar-refractivity contribution in [2.24, 2.45) is 0 Å². The molecule has 0 aliphatic heterocycles. The van der Waals surface area contributed by atoms with Crippen molar-refractivity contribution in [2.45, 2.75) is 13.5 Å². The molecule has 0 saturated heterocycles. The molecule has 0 radical (unpaired) electrons. The molecule has 2 aromatic rings. The number of aromatic nitrogens is 2. The fourth-order valence-electron chi connectivity index (χ4n) is 1.60. The second-order valence-electron chi connectivity index (χ2n) is 3.73. The summed E-state index contributed by atoms with van der Waals surface area (Å²) >= 11 is 0. The third-order valence-corrected chi connectivity index (χ3v) is 2.48. The van der Waals surface area contributed by atoms with Crippen molar-refractivity contribution in [2.75, 3.05) is 7.05 Å². The van der Waals surface area contributed by atoms with Crippen LogP contribution in [0.2, 0.25) is 0 Å². The zero-order chi connectivity index (χ0) is 11.5. The summed E-state index contributed by atoms with van der Waals surface area (Å²) in [6.45, 7) is 2.80. The molecule has 4 heteroatoms. The van der Waals surface area contributed by atoms with E-state index in [1.165, 1.54) is 5.56 Å². The number of hydrogen-bond donors (Lipinski definition) is 2. The first-order chi connectivity index (χ1) is 7.70. The lowest BCUT2D eigenvalue weighted by molar-refractivity contribution is 0.475. The molecule has 0 amide bonds. The molecule has 0 saturated carbocycles. The van der Waals surface area contributed by atoms with Gasteiger partial charge < -0.3 is 10.4 Å². The average molecular weight is 217 g/mol. The number of phenolic OH excluding ortho intramolecular Hbond substituents is 1. The van der Waals surface area contributed by atoms with Crippen LogP contribution in [0.4, 0.5) is 0 Å². The molecule has 2 N–H and O–H groups in total. The van der Waals surface area contributed by atoms with Gasteiger partial charge in [0.2, 0.25) is 0 Å². The van der Waals surface area contributed by atoms with E-state index in [-0.39, 0.29) is 5.75 Å². The van der Waals surface area contributed by atoms with Crippen LogP contribution in [0.15, 0.2) is 30.5 Å². The van der Waals surface area contributed by atoms with Gasteiger partial charge in [0, 0.05) is 18.3 Å². The van der Waals surface area contributed by atoms with Gasteiger partial charge in [-0.1, -0.05) is 0 Å². The minimum Gasteiger partial charge on any atom is -0.508 e. The molecule has 2 rings (SSSR count). The third-order valence-electron chi connectivity index (χ3n) is 2.48. The van der Waals surface area contributed by atoms with Gasteiger partial charge in [0.15, 0.2) is 0 Å². The summed E-state index contributed by atoms with van der Waals surface area (Å²) < 4.78 is 1.82. The number of rotatable bonds is 3. The lowest BCUT2D eigenvalue weighted by Gasteiger charge is -2.00. The predicted octanol–water partition coefficient (Wildman–Crippen LogP) is 1.61. The van der Waals surface area contributed by atoms with E-state index in [0.29, 0.717) is 0 Å². The van der Waals surface area contributed by atoms with Crippen molar-refractivity contribution in [1.82, 2.24) is 15.1 Å². The molecule has 1 aromatic carbocycles. The highest BCUT2D eigenvalue weighted by atomic mass is 16.3. The fourth-order valence-corrected chi connectivity index (χ4v) is 1.60. The summed E-state index contributed by atoms with van der Waals surface area (Å²) in [6, 6.07) is 6.99. The SMILES string of the molecule is CNCc1cn(-c2ccc(O)cc2)nc1C. The molecule has 0 aliphatic rings. The second kappa shape index (κ2) is 4.37. The Morgan fingerprint density at radius 2 is 2.00 bits per heavy atom. The van der Waals surface area contributed by atoms with E-state index in [0.717, 1.165) is 17.9 Å². The molecule has 1 heterocycles. The minimum absolute atomic E-state index is 0.267. The Morgan fingerprint density at radius 3 is 2.62 bits per heavy atom. The number of nitrogens with zero attached hydrogens (tertiary/aromatic N) is 2. The van der Waals surface area contributed by atoms with Crippen LogP contribution in [-0.4, -0.2) is 21.9 Å². The van der Waals surface area contributed by atoms with E-state index in [4.69, 9.17) is 0 Å². The molecular formula is C12H15N3O. The number of phenols is 1. The van der Waals surface area contributed by atoms with E-state index in [1.54, 1.807) is 12.1 Å². The Hall–Kier alpha value is -1.81. The summed E-state index contributed by atoms with van der Waals surface area (Å²) in [5, 5.41) is 16.7. The summed E-state index contributed by atoms with van der Waals surface area (Å²) in [6.07, 6.45) is 2.00. The Bertz CT molecular complexity index is 474. The van der Waals surface area contributed by atoms with Crippen molar-refractivity contribution < 1.29 is 5.11 Å². The van der Waals surface area contributed by atoms with Gasteiger partial charge in [0.25, 0.3) is 0 Å².